The predicted octanol–water partition coefficient (Wildman–Crippen LogP) is 5.17. The first kappa shape index (κ1) is 15.2. The second-order valence-electron chi connectivity index (χ2n) is 4.57. The molecule has 2 aromatic heterocycles. The molecule has 1 unspecified atom stereocenters. The van der Waals surface area contributed by atoms with Crippen molar-refractivity contribution in [2.24, 2.45) is 0 Å². The molecule has 112 valence electrons. The van der Waals surface area contributed by atoms with E-state index >= 15 is 0 Å². The molecule has 2 heterocycles. The van der Waals surface area contributed by atoms with Crippen molar-refractivity contribution in [2.45, 2.75) is 6.04 Å². The number of thiophene rings is 1. The molecule has 1 aromatic carbocycles. The van der Waals surface area contributed by atoms with Crippen molar-refractivity contribution < 1.29 is 9.21 Å². The van der Waals surface area contributed by atoms with Gasteiger partial charge >= 0.3 is 0 Å². The van der Waals surface area contributed by atoms with Gasteiger partial charge in [-0.05, 0) is 23.8 Å². The number of hydrogen-bond donors (Lipinski definition) is 1. The van der Waals surface area contributed by atoms with Gasteiger partial charge in [0.1, 0.15) is 16.1 Å². The minimum atomic E-state index is -0.390. The molecule has 3 nitrogen and oxygen atoms in total. The van der Waals surface area contributed by atoms with Gasteiger partial charge in [0.05, 0.1) is 16.2 Å². The SMILES string of the molecule is O=C(NC(c1ccccc1)c1ccco1)c1cc(Cl)sc1Cl. The summed E-state index contributed by atoms with van der Waals surface area (Å²) in [5.74, 6) is 0.357. The van der Waals surface area contributed by atoms with Crippen LogP contribution in [0.1, 0.15) is 27.7 Å². The van der Waals surface area contributed by atoms with E-state index in [2.05, 4.69) is 5.32 Å². The maximum absolute atomic E-state index is 12.5. The maximum Gasteiger partial charge on any atom is 0.254 e. The fraction of sp³-hybridized carbons (Fsp3) is 0.0625. The van der Waals surface area contributed by atoms with Gasteiger partial charge in [0, 0.05) is 0 Å². The van der Waals surface area contributed by atoms with Crippen molar-refractivity contribution in [1.29, 1.82) is 0 Å². The first-order valence-electron chi connectivity index (χ1n) is 6.49. The lowest BCUT2D eigenvalue weighted by molar-refractivity contribution is 0.0939. The Balaban J connectivity index is 1.91. The quantitative estimate of drug-likeness (QED) is 0.704. The molecule has 0 aliphatic carbocycles. The molecule has 1 atom stereocenters. The Labute approximate surface area is 141 Å². The normalized spacial score (nSPS) is 12.1. The Hall–Kier alpha value is -1.75. The monoisotopic (exact) mass is 351 g/mol. The number of carbonyl (C=O) groups excluding carboxylic acids is 1. The molecule has 0 bridgehead atoms. The summed E-state index contributed by atoms with van der Waals surface area (Å²) >= 11 is 13.1. The van der Waals surface area contributed by atoms with Crippen molar-refractivity contribution in [3.63, 3.8) is 0 Å². The highest BCUT2D eigenvalue weighted by molar-refractivity contribution is 7.20. The lowest BCUT2D eigenvalue weighted by Gasteiger charge is -2.17. The zero-order valence-corrected chi connectivity index (χ0v) is 13.6. The number of hydrogen-bond acceptors (Lipinski definition) is 3. The largest absolute Gasteiger partial charge is 0.467 e. The number of furan rings is 1. The second-order valence-corrected chi connectivity index (χ2v) is 6.86. The Bertz CT molecular complexity index is 769. The van der Waals surface area contributed by atoms with Crippen LogP contribution < -0.4 is 5.32 Å². The van der Waals surface area contributed by atoms with Gasteiger partial charge in [-0.15, -0.1) is 11.3 Å². The smallest absolute Gasteiger partial charge is 0.254 e. The van der Waals surface area contributed by atoms with Crippen molar-refractivity contribution >= 4 is 40.4 Å². The molecule has 0 fully saturated rings. The van der Waals surface area contributed by atoms with Crippen LogP contribution in [0.5, 0.6) is 0 Å². The molecular weight excluding hydrogens is 341 g/mol. The zero-order valence-electron chi connectivity index (χ0n) is 11.3. The topological polar surface area (TPSA) is 42.2 Å². The molecule has 0 aliphatic heterocycles. The van der Waals surface area contributed by atoms with Crippen molar-refractivity contribution in [2.75, 3.05) is 0 Å². The summed E-state index contributed by atoms with van der Waals surface area (Å²) in [6.07, 6.45) is 1.58. The molecule has 0 saturated heterocycles. The van der Waals surface area contributed by atoms with Gasteiger partial charge in [0.25, 0.3) is 5.91 Å². The fourth-order valence-corrected chi connectivity index (χ4v) is 3.58. The summed E-state index contributed by atoms with van der Waals surface area (Å²) in [5, 5.41) is 2.94. The standard InChI is InChI=1S/C16H11Cl2NO2S/c17-13-9-11(15(18)22-13)16(20)19-14(12-7-4-8-21-12)10-5-2-1-3-6-10/h1-9,14H,(H,19,20). The van der Waals surface area contributed by atoms with E-state index in [9.17, 15) is 4.79 Å². The van der Waals surface area contributed by atoms with Crippen molar-refractivity contribution in [1.82, 2.24) is 5.32 Å². The van der Waals surface area contributed by atoms with Gasteiger partial charge in [0.2, 0.25) is 0 Å². The third-order valence-corrected chi connectivity index (χ3v) is 4.62. The molecule has 0 radical (unpaired) electrons. The zero-order chi connectivity index (χ0) is 15.5. The Morgan fingerprint density at radius 2 is 1.91 bits per heavy atom. The Morgan fingerprint density at radius 3 is 2.50 bits per heavy atom. The molecule has 1 amide bonds. The summed E-state index contributed by atoms with van der Waals surface area (Å²) in [5.41, 5.74) is 1.28. The third-order valence-electron chi connectivity index (χ3n) is 3.14. The first-order chi connectivity index (χ1) is 10.6. The summed E-state index contributed by atoms with van der Waals surface area (Å²) in [7, 11) is 0. The molecule has 3 rings (SSSR count). The molecule has 0 saturated carbocycles. The highest BCUT2D eigenvalue weighted by Gasteiger charge is 2.22. The Morgan fingerprint density at radius 1 is 1.14 bits per heavy atom. The molecule has 22 heavy (non-hydrogen) atoms. The average molecular weight is 352 g/mol. The third kappa shape index (κ3) is 3.19. The number of nitrogens with one attached hydrogen (secondary N) is 1. The minimum Gasteiger partial charge on any atom is -0.467 e. The van der Waals surface area contributed by atoms with E-state index < -0.39 is 6.04 Å². The van der Waals surface area contributed by atoms with Crippen LogP contribution in [0.2, 0.25) is 8.67 Å². The average Bonchev–Trinajstić information content (AvgIpc) is 3.15. The van der Waals surface area contributed by atoms with E-state index in [4.69, 9.17) is 27.6 Å². The van der Waals surface area contributed by atoms with Gasteiger partial charge in [-0.3, -0.25) is 4.79 Å². The summed E-state index contributed by atoms with van der Waals surface area (Å²) in [4.78, 5) is 12.5. The Kier molecular flexibility index (Phi) is 4.52. The number of carbonyl (C=O) groups is 1. The van der Waals surface area contributed by atoms with Gasteiger partial charge in [-0.2, -0.15) is 0 Å². The summed E-state index contributed by atoms with van der Waals surface area (Å²) in [6.45, 7) is 0. The molecular formula is C16H11Cl2NO2S. The van der Waals surface area contributed by atoms with Gasteiger partial charge in [-0.25, -0.2) is 0 Å². The van der Waals surface area contributed by atoms with Crippen LogP contribution >= 0.6 is 34.5 Å². The highest BCUT2D eigenvalue weighted by Crippen LogP contribution is 2.32. The number of halogens is 2. The van der Waals surface area contributed by atoms with Gasteiger partial charge < -0.3 is 9.73 Å². The predicted molar refractivity (Wildman–Crippen MR) is 88.8 cm³/mol. The molecule has 3 aromatic rings. The van der Waals surface area contributed by atoms with E-state index in [1.807, 2.05) is 36.4 Å². The fourth-order valence-electron chi connectivity index (χ4n) is 2.12. The van der Waals surface area contributed by atoms with Crippen LogP contribution in [0, 0.1) is 0 Å². The van der Waals surface area contributed by atoms with E-state index in [1.54, 1.807) is 18.4 Å². The molecule has 0 spiro atoms. The van der Waals surface area contributed by atoms with Crippen molar-refractivity contribution in [3.05, 3.63) is 80.4 Å². The van der Waals surface area contributed by atoms with E-state index in [0.29, 0.717) is 20.0 Å². The van der Waals surface area contributed by atoms with Crippen LogP contribution in [0.3, 0.4) is 0 Å². The lowest BCUT2D eigenvalue weighted by atomic mass is 10.0. The molecule has 6 heteroatoms. The maximum atomic E-state index is 12.5. The first-order valence-corrected chi connectivity index (χ1v) is 8.06. The van der Waals surface area contributed by atoms with Crippen LogP contribution in [0.25, 0.3) is 0 Å². The number of rotatable bonds is 4. The molecule has 0 aliphatic rings. The van der Waals surface area contributed by atoms with Gasteiger partial charge in [0.15, 0.2) is 0 Å². The molecule has 1 N–H and O–H groups in total. The van der Waals surface area contributed by atoms with Crippen LogP contribution in [0.4, 0.5) is 0 Å². The number of benzene rings is 1. The van der Waals surface area contributed by atoms with E-state index in [0.717, 1.165) is 16.9 Å². The van der Waals surface area contributed by atoms with E-state index in [-0.39, 0.29) is 5.91 Å². The summed E-state index contributed by atoms with van der Waals surface area (Å²) in [6, 6.07) is 14.4. The second kappa shape index (κ2) is 6.57. The number of amides is 1. The van der Waals surface area contributed by atoms with Crippen LogP contribution in [0.15, 0.2) is 59.2 Å². The van der Waals surface area contributed by atoms with E-state index in [1.165, 1.54) is 0 Å². The van der Waals surface area contributed by atoms with Crippen LogP contribution in [-0.4, -0.2) is 5.91 Å². The van der Waals surface area contributed by atoms with Crippen LogP contribution in [-0.2, 0) is 0 Å². The van der Waals surface area contributed by atoms with Gasteiger partial charge in [-0.1, -0.05) is 53.5 Å². The highest BCUT2D eigenvalue weighted by atomic mass is 35.5. The lowest BCUT2D eigenvalue weighted by Crippen LogP contribution is -2.28. The summed E-state index contributed by atoms with van der Waals surface area (Å²) < 4.78 is 6.30. The minimum absolute atomic E-state index is 0.293. The van der Waals surface area contributed by atoms with Crippen molar-refractivity contribution in [3.8, 4) is 0 Å².